The van der Waals surface area contributed by atoms with Gasteiger partial charge in [0.2, 0.25) is 11.8 Å². The number of fused-ring (bicyclic) bond motifs is 1. The molecule has 7 heteroatoms. The Morgan fingerprint density at radius 2 is 1.66 bits per heavy atom. The number of rotatable bonds is 7. The highest BCUT2D eigenvalue weighted by Gasteiger charge is 2.38. The van der Waals surface area contributed by atoms with Gasteiger partial charge in [0.15, 0.2) is 11.5 Å². The zero-order chi connectivity index (χ0) is 24.1. The normalized spacial score (nSPS) is 19.8. The summed E-state index contributed by atoms with van der Waals surface area (Å²) in [7, 11) is 0. The Morgan fingerprint density at radius 1 is 0.943 bits per heavy atom. The van der Waals surface area contributed by atoms with Gasteiger partial charge >= 0.3 is 0 Å². The van der Waals surface area contributed by atoms with E-state index in [1.807, 2.05) is 42.5 Å². The second-order valence-corrected chi connectivity index (χ2v) is 9.95. The van der Waals surface area contributed by atoms with Crippen LogP contribution in [0.5, 0.6) is 11.5 Å². The molecule has 2 amide bonds. The largest absolute Gasteiger partial charge is 0.486 e. The predicted octanol–water partition coefficient (Wildman–Crippen LogP) is 3.37. The van der Waals surface area contributed by atoms with Crippen molar-refractivity contribution in [3.63, 3.8) is 0 Å². The first-order valence-electron chi connectivity index (χ1n) is 12.9. The monoisotopic (exact) mass is 477 g/mol. The molecule has 1 aliphatic carbocycles. The zero-order valence-electron chi connectivity index (χ0n) is 20.3. The van der Waals surface area contributed by atoms with Crippen molar-refractivity contribution < 1.29 is 19.1 Å². The van der Waals surface area contributed by atoms with Gasteiger partial charge in [0.05, 0.1) is 12.1 Å². The zero-order valence-corrected chi connectivity index (χ0v) is 20.3. The molecule has 2 heterocycles. The number of carbonyl (C=O) groups excluding carboxylic acids is 2. The predicted molar refractivity (Wildman–Crippen MR) is 133 cm³/mol. The van der Waals surface area contributed by atoms with E-state index < -0.39 is 0 Å². The molecule has 186 valence electrons. The van der Waals surface area contributed by atoms with Gasteiger partial charge in [0.1, 0.15) is 13.2 Å². The Balaban J connectivity index is 1.13. The van der Waals surface area contributed by atoms with E-state index >= 15 is 0 Å². The molecule has 1 saturated heterocycles. The molecule has 2 aromatic rings. The van der Waals surface area contributed by atoms with Crippen molar-refractivity contribution in [1.29, 1.82) is 0 Å². The third-order valence-electron chi connectivity index (χ3n) is 7.57. The van der Waals surface area contributed by atoms with Gasteiger partial charge in [0.25, 0.3) is 0 Å². The fraction of sp³-hybridized carbons (Fsp3) is 0.500. The summed E-state index contributed by atoms with van der Waals surface area (Å²) >= 11 is 0. The maximum absolute atomic E-state index is 13.1. The van der Waals surface area contributed by atoms with Crippen LogP contribution in [0, 0.1) is 5.92 Å². The van der Waals surface area contributed by atoms with Crippen LogP contribution in [0.2, 0.25) is 0 Å². The molecular weight excluding hydrogens is 442 g/mol. The Bertz CT molecular complexity index is 1030. The summed E-state index contributed by atoms with van der Waals surface area (Å²) in [5.41, 5.74) is 1.86. The molecule has 0 unspecified atom stereocenters. The number of carbonyl (C=O) groups is 2. The van der Waals surface area contributed by atoms with Crippen molar-refractivity contribution >= 4 is 11.8 Å². The standard InChI is InChI=1S/C28H35N3O4/c32-26(20-31-14-10-22(11-15-31)27(33)29-19-21-6-2-1-3-7-21)30-28(12-4-5-13-28)23-8-9-24-25(18-23)35-17-16-34-24/h1-3,6-9,18,22H,4-5,10-17,19-20H2,(H,29,33)(H,30,32). The summed E-state index contributed by atoms with van der Waals surface area (Å²) in [6.45, 7) is 3.56. The number of amides is 2. The van der Waals surface area contributed by atoms with E-state index in [1.165, 1.54) is 0 Å². The molecule has 0 radical (unpaired) electrons. The number of ether oxygens (including phenoxy) is 2. The van der Waals surface area contributed by atoms with Crippen LogP contribution < -0.4 is 20.1 Å². The van der Waals surface area contributed by atoms with Crippen LogP contribution in [0.4, 0.5) is 0 Å². The molecule has 35 heavy (non-hydrogen) atoms. The van der Waals surface area contributed by atoms with Gasteiger partial charge in [-0.2, -0.15) is 0 Å². The van der Waals surface area contributed by atoms with Crippen molar-refractivity contribution in [1.82, 2.24) is 15.5 Å². The lowest BCUT2D eigenvalue weighted by Gasteiger charge is -2.35. The van der Waals surface area contributed by atoms with Crippen LogP contribution in [0.15, 0.2) is 48.5 Å². The lowest BCUT2D eigenvalue weighted by atomic mass is 9.87. The molecule has 1 saturated carbocycles. The number of likely N-dealkylation sites (tertiary alicyclic amines) is 1. The van der Waals surface area contributed by atoms with E-state index in [9.17, 15) is 9.59 Å². The molecule has 0 atom stereocenters. The molecule has 2 fully saturated rings. The van der Waals surface area contributed by atoms with E-state index in [2.05, 4.69) is 21.6 Å². The number of nitrogens with zero attached hydrogens (tertiary/aromatic N) is 1. The molecule has 7 nitrogen and oxygen atoms in total. The summed E-state index contributed by atoms with van der Waals surface area (Å²) < 4.78 is 11.5. The third-order valence-corrected chi connectivity index (χ3v) is 7.57. The average Bonchev–Trinajstić information content (AvgIpc) is 3.37. The summed E-state index contributed by atoms with van der Waals surface area (Å²) in [5.74, 6) is 1.71. The van der Waals surface area contributed by atoms with Crippen molar-refractivity contribution in [2.75, 3.05) is 32.8 Å². The fourth-order valence-electron chi connectivity index (χ4n) is 5.60. The van der Waals surface area contributed by atoms with Gasteiger partial charge in [-0.3, -0.25) is 14.5 Å². The topological polar surface area (TPSA) is 79.9 Å². The minimum absolute atomic E-state index is 0.0110. The summed E-state index contributed by atoms with van der Waals surface area (Å²) in [4.78, 5) is 27.9. The van der Waals surface area contributed by atoms with Crippen LogP contribution >= 0.6 is 0 Å². The molecule has 0 aromatic heterocycles. The van der Waals surface area contributed by atoms with Gasteiger partial charge in [-0.15, -0.1) is 0 Å². The van der Waals surface area contributed by atoms with Gasteiger partial charge < -0.3 is 20.1 Å². The van der Waals surface area contributed by atoms with E-state index in [0.29, 0.717) is 26.3 Å². The highest BCUT2D eigenvalue weighted by molar-refractivity contribution is 5.80. The second-order valence-electron chi connectivity index (χ2n) is 9.95. The Kier molecular flexibility index (Phi) is 7.23. The number of hydrogen-bond donors (Lipinski definition) is 2. The minimum atomic E-state index is -0.345. The van der Waals surface area contributed by atoms with Gasteiger partial charge in [-0.05, 0) is 62.0 Å². The number of piperidine rings is 1. The molecule has 2 aromatic carbocycles. The first-order chi connectivity index (χ1) is 17.1. The van der Waals surface area contributed by atoms with Crippen molar-refractivity contribution in [3.05, 3.63) is 59.7 Å². The summed E-state index contributed by atoms with van der Waals surface area (Å²) in [6.07, 6.45) is 5.61. The highest BCUT2D eigenvalue weighted by Crippen LogP contribution is 2.42. The van der Waals surface area contributed by atoms with Crippen LogP contribution in [-0.4, -0.2) is 49.6 Å². The second kappa shape index (κ2) is 10.7. The maximum Gasteiger partial charge on any atom is 0.234 e. The number of benzene rings is 2. The van der Waals surface area contributed by atoms with E-state index in [-0.39, 0.29) is 23.3 Å². The quantitative estimate of drug-likeness (QED) is 0.639. The lowest BCUT2D eigenvalue weighted by Crippen LogP contribution is -2.49. The van der Waals surface area contributed by atoms with Crippen LogP contribution in [-0.2, 0) is 21.7 Å². The molecule has 5 rings (SSSR count). The molecular formula is C28H35N3O4. The molecule has 2 aliphatic heterocycles. The average molecular weight is 478 g/mol. The van der Waals surface area contributed by atoms with Crippen LogP contribution in [0.25, 0.3) is 0 Å². The Morgan fingerprint density at radius 3 is 2.40 bits per heavy atom. The lowest BCUT2D eigenvalue weighted by molar-refractivity contribution is -0.127. The van der Waals surface area contributed by atoms with Crippen molar-refractivity contribution in [2.24, 2.45) is 5.92 Å². The molecule has 0 bridgehead atoms. The van der Waals surface area contributed by atoms with E-state index in [1.54, 1.807) is 0 Å². The van der Waals surface area contributed by atoms with Crippen molar-refractivity contribution in [3.8, 4) is 11.5 Å². The van der Waals surface area contributed by atoms with E-state index in [4.69, 9.17) is 9.47 Å². The first kappa shape index (κ1) is 23.7. The summed E-state index contributed by atoms with van der Waals surface area (Å²) in [5, 5.41) is 6.44. The summed E-state index contributed by atoms with van der Waals surface area (Å²) in [6, 6.07) is 16.0. The maximum atomic E-state index is 13.1. The van der Waals surface area contributed by atoms with Gasteiger partial charge in [-0.25, -0.2) is 0 Å². The van der Waals surface area contributed by atoms with Gasteiger partial charge in [-0.1, -0.05) is 49.2 Å². The van der Waals surface area contributed by atoms with Crippen molar-refractivity contribution in [2.45, 2.75) is 50.6 Å². The molecule has 2 N–H and O–H groups in total. The third kappa shape index (κ3) is 5.61. The molecule has 3 aliphatic rings. The number of hydrogen-bond acceptors (Lipinski definition) is 5. The fourth-order valence-corrected chi connectivity index (χ4v) is 5.60. The van der Waals surface area contributed by atoms with Gasteiger partial charge in [0, 0.05) is 12.5 Å². The number of nitrogens with one attached hydrogen (secondary N) is 2. The first-order valence-corrected chi connectivity index (χ1v) is 12.9. The molecule has 0 spiro atoms. The minimum Gasteiger partial charge on any atom is -0.486 e. The van der Waals surface area contributed by atoms with Crippen LogP contribution in [0.3, 0.4) is 0 Å². The highest BCUT2D eigenvalue weighted by atomic mass is 16.6. The SMILES string of the molecule is O=C(CN1CCC(C(=O)NCc2ccccc2)CC1)NC1(c2ccc3c(c2)OCCO3)CCCC1. The van der Waals surface area contributed by atoms with Crippen LogP contribution in [0.1, 0.15) is 49.7 Å². The Labute approximate surface area is 207 Å². The van der Waals surface area contributed by atoms with E-state index in [0.717, 1.165) is 74.2 Å². The Hall–Kier alpha value is -3.06. The smallest absolute Gasteiger partial charge is 0.234 e.